The molecule has 1 saturated heterocycles. The third-order valence-electron chi connectivity index (χ3n) is 3.67. The molecule has 0 bridgehead atoms. The van der Waals surface area contributed by atoms with Gasteiger partial charge in [-0.05, 0) is 0 Å². The summed E-state index contributed by atoms with van der Waals surface area (Å²) in [5, 5.41) is 0. The van der Waals surface area contributed by atoms with Gasteiger partial charge in [0.2, 0.25) is 0 Å². The van der Waals surface area contributed by atoms with Gasteiger partial charge in [0.25, 0.3) is 0 Å². The van der Waals surface area contributed by atoms with E-state index in [2.05, 4.69) is 13.2 Å². The molecule has 0 N–H and O–H groups in total. The zero-order valence-electron chi connectivity index (χ0n) is 13.8. The van der Waals surface area contributed by atoms with E-state index in [0.717, 1.165) is 18.7 Å². The minimum atomic E-state index is -0.639. The van der Waals surface area contributed by atoms with Crippen molar-refractivity contribution in [2.45, 2.75) is 6.92 Å². The normalized spacial score (nSPS) is 19.5. The van der Waals surface area contributed by atoms with E-state index in [0.29, 0.717) is 11.1 Å². The third kappa shape index (κ3) is 2.86. The Kier molecular flexibility index (Phi) is 5.22. The molecule has 5 nitrogen and oxygen atoms in total. The van der Waals surface area contributed by atoms with Crippen molar-refractivity contribution in [3.63, 3.8) is 0 Å². The molecule has 4 amide bonds. The predicted molar refractivity (Wildman–Crippen MR) is 94.0 cm³/mol. The van der Waals surface area contributed by atoms with Gasteiger partial charge in [-0.3, -0.25) is 0 Å². The Hall–Kier alpha value is -2.43. The Labute approximate surface area is 147 Å². The van der Waals surface area contributed by atoms with Crippen molar-refractivity contribution in [1.82, 2.24) is 9.80 Å². The van der Waals surface area contributed by atoms with Crippen LogP contribution < -0.4 is 0 Å². The summed E-state index contributed by atoms with van der Waals surface area (Å²) in [6.07, 6.45) is 9.03. The number of carbonyl (C=O) groups is 3. The molecule has 24 heavy (non-hydrogen) atoms. The number of barbiturate groups is 1. The van der Waals surface area contributed by atoms with Crippen LogP contribution in [0.2, 0.25) is 0 Å². The second kappa shape index (κ2) is 6.99. The quantitative estimate of drug-likeness (QED) is 0.422. The number of allylic oxidation sites excluding steroid dienone is 9. The molecule has 2 aliphatic rings. The topological polar surface area (TPSA) is 57.7 Å². The Morgan fingerprint density at radius 1 is 1.04 bits per heavy atom. The number of rotatable bonds is 3. The average Bonchev–Trinajstić information content (AvgIpc) is 2.58. The summed E-state index contributed by atoms with van der Waals surface area (Å²) in [6.45, 7) is 9.54. The SMILES string of the molecule is C=CC1=C(C=C)C(=C2C(=O)N(C)C(=O)N(C)C2=O)C=C(/C=C/C)[Se]1. The molecule has 124 valence electrons. The molecule has 0 aromatic carbocycles. The molecule has 0 atom stereocenters. The zero-order valence-corrected chi connectivity index (χ0v) is 15.5. The summed E-state index contributed by atoms with van der Waals surface area (Å²) >= 11 is 0.0101. The first-order valence-electron chi connectivity index (χ1n) is 7.23. The monoisotopic (exact) mass is 390 g/mol. The van der Waals surface area contributed by atoms with E-state index in [4.69, 9.17) is 0 Å². The van der Waals surface area contributed by atoms with E-state index in [1.165, 1.54) is 14.1 Å². The van der Waals surface area contributed by atoms with Crippen molar-refractivity contribution in [3.05, 3.63) is 69.2 Å². The van der Waals surface area contributed by atoms with Gasteiger partial charge in [-0.25, -0.2) is 0 Å². The van der Waals surface area contributed by atoms with Crippen LogP contribution in [0, 0.1) is 0 Å². The standard InChI is InChI=1S/C18H18N2O3Se/c1-6-9-11-10-13(12(7-2)14(8-3)24-11)15-16(21)19(4)18(23)20(5)17(15)22/h6-10H,2-3H2,1,4-5H3/b9-6+. The van der Waals surface area contributed by atoms with Crippen LogP contribution in [-0.2, 0) is 9.59 Å². The van der Waals surface area contributed by atoms with E-state index in [1.54, 1.807) is 12.2 Å². The molecule has 0 aliphatic carbocycles. The van der Waals surface area contributed by atoms with Gasteiger partial charge in [0.15, 0.2) is 0 Å². The first-order chi connectivity index (χ1) is 11.4. The van der Waals surface area contributed by atoms with Crippen molar-refractivity contribution in [3.8, 4) is 0 Å². The maximum atomic E-state index is 12.6. The van der Waals surface area contributed by atoms with Gasteiger partial charge in [-0.2, -0.15) is 0 Å². The van der Waals surface area contributed by atoms with Gasteiger partial charge < -0.3 is 0 Å². The molecular weight excluding hydrogens is 371 g/mol. The maximum absolute atomic E-state index is 12.6. The van der Waals surface area contributed by atoms with Gasteiger partial charge in [0.05, 0.1) is 0 Å². The fraction of sp³-hybridized carbons (Fsp3) is 0.167. The number of carbonyl (C=O) groups excluding carboxylic acids is 3. The van der Waals surface area contributed by atoms with Crippen LogP contribution in [0.4, 0.5) is 4.79 Å². The summed E-state index contributed by atoms with van der Waals surface area (Å²) in [6, 6.07) is -0.639. The van der Waals surface area contributed by atoms with Gasteiger partial charge in [-0.15, -0.1) is 0 Å². The fourth-order valence-corrected chi connectivity index (χ4v) is 4.58. The molecule has 2 aliphatic heterocycles. The number of nitrogens with zero attached hydrogens (tertiary/aromatic N) is 2. The van der Waals surface area contributed by atoms with Crippen LogP contribution in [-0.4, -0.2) is 56.7 Å². The van der Waals surface area contributed by atoms with Crippen molar-refractivity contribution >= 4 is 32.8 Å². The number of likely N-dealkylation sites (N-methyl/N-ethyl adjacent to an activating group) is 2. The van der Waals surface area contributed by atoms with Gasteiger partial charge in [0, 0.05) is 0 Å². The van der Waals surface area contributed by atoms with E-state index in [1.807, 2.05) is 25.2 Å². The second-order valence-electron chi connectivity index (χ2n) is 5.13. The molecule has 0 aromatic heterocycles. The zero-order chi connectivity index (χ0) is 18.0. The molecular formula is C18H18N2O3Se. The van der Waals surface area contributed by atoms with Crippen LogP contribution >= 0.6 is 0 Å². The molecule has 2 rings (SSSR count). The van der Waals surface area contributed by atoms with Crippen molar-refractivity contribution in [2.24, 2.45) is 0 Å². The third-order valence-corrected chi connectivity index (χ3v) is 5.97. The summed E-state index contributed by atoms with van der Waals surface area (Å²) in [5.74, 6) is -1.21. The molecule has 0 unspecified atom stereocenters. The van der Waals surface area contributed by atoms with E-state index >= 15 is 0 Å². The molecule has 2 heterocycles. The summed E-state index contributed by atoms with van der Waals surface area (Å²) in [4.78, 5) is 39.0. The predicted octanol–water partition coefficient (Wildman–Crippen LogP) is 2.14. The first-order valence-corrected chi connectivity index (χ1v) is 8.94. The number of imide groups is 2. The molecule has 6 heteroatoms. The first kappa shape index (κ1) is 17.9. The second-order valence-corrected chi connectivity index (χ2v) is 7.47. The molecule has 1 fully saturated rings. The van der Waals surface area contributed by atoms with Crippen LogP contribution in [0.15, 0.2) is 69.2 Å². The van der Waals surface area contributed by atoms with E-state index < -0.39 is 17.8 Å². The number of urea groups is 1. The van der Waals surface area contributed by atoms with Gasteiger partial charge in [0.1, 0.15) is 0 Å². The van der Waals surface area contributed by atoms with Crippen LogP contribution in [0.3, 0.4) is 0 Å². The van der Waals surface area contributed by atoms with Crippen LogP contribution in [0.5, 0.6) is 0 Å². The summed E-state index contributed by atoms with van der Waals surface area (Å²) in [7, 11) is 2.73. The Morgan fingerprint density at radius 3 is 2.08 bits per heavy atom. The number of hydrogen-bond acceptors (Lipinski definition) is 3. The summed E-state index contributed by atoms with van der Waals surface area (Å²) < 4.78 is 1.95. The van der Waals surface area contributed by atoms with Crippen LogP contribution in [0.25, 0.3) is 0 Å². The summed E-state index contributed by atoms with van der Waals surface area (Å²) in [5.41, 5.74) is 1.18. The fourth-order valence-electron chi connectivity index (χ4n) is 2.44. The van der Waals surface area contributed by atoms with Crippen LogP contribution in [0.1, 0.15) is 6.92 Å². The van der Waals surface area contributed by atoms with Gasteiger partial charge in [-0.1, -0.05) is 0 Å². The van der Waals surface area contributed by atoms with Gasteiger partial charge >= 0.3 is 147 Å². The molecule has 0 spiro atoms. The molecule has 0 aromatic rings. The number of amides is 4. The average molecular weight is 389 g/mol. The van der Waals surface area contributed by atoms with E-state index in [9.17, 15) is 14.4 Å². The number of hydrogen-bond donors (Lipinski definition) is 0. The minimum absolute atomic E-state index is 0.0101. The Bertz CT molecular complexity index is 758. The molecule has 0 radical (unpaired) electrons. The Balaban J connectivity index is 2.79. The van der Waals surface area contributed by atoms with E-state index in [-0.39, 0.29) is 20.5 Å². The molecule has 0 saturated carbocycles. The van der Waals surface area contributed by atoms with Crippen molar-refractivity contribution in [1.29, 1.82) is 0 Å². The Morgan fingerprint density at radius 2 is 1.62 bits per heavy atom. The van der Waals surface area contributed by atoms with Crippen molar-refractivity contribution in [2.75, 3.05) is 14.1 Å². The van der Waals surface area contributed by atoms with Crippen molar-refractivity contribution < 1.29 is 14.4 Å².